The first-order valence-electron chi connectivity index (χ1n) is 14.0. The highest BCUT2D eigenvalue weighted by atomic mass is 16.8. The third-order valence-electron chi connectivity index (χ3n) is 8.17. The van der Waals surface area contributed by atoms with Crippen LogP contribution in [0.1, 0.15) is 6.92 Å². The Hall–Kier alpha value is -0.800. The third-order valence-corrected chi connectivity index (χ3v) is 8.17. The molecule has 0 aromatic carbocycles. The van der Waals surface area contributed by atoms with Crippen molar-refractivity contribution in [3.05, 3.63) is 0 Å². The molecule has 0 aromatic heterocycles. The normalized spacial score (nSPS) is 53.9. The van der Waals surface area contributed by atoms with Crippen LogP contribution >= 0.6 is 0 Å². The first-order valence-corrected chi connectivity index (χ1v) is 14.0. The Morgan fingerprint density at radius 1 is 0.409 bits per heavy atom. The molecule has 0 radical (unpaired) electrons. The maximum absolute atomic E-state index is 10.9. The zero-order valence-corrected chi connectivity index (χ0v) is 23.3. The van der Waals surface area contributed by atoms with E-state index in [-0.39, 0.29) is 0 Å². The fourth-order valence-electron chi connectivity index (χ4n) is 5.46. The maximum Gasteiger partial charge on any atom is 0.187 e. The highest BCUT2D eigenvalue weighted by Gasteiger charge is 2.55. The topological polar surface area (TPSA) is 328 Å². The average molecular weight is 651 g/mol. The van der Waals surface area contributed by atoms with Gasteiger partial charge in [-0.3, -0.25) is 0 Å². The summed E-state index contributed by atoms with van der Waals surface area (Å²) in [6, 6.07) is 0. The molecule has 0 spiro atoms. The Labute approximate surface area is 249 Å². The number of rotatable bonds is 9. The standard InChI is InChI=1S/C24H42O20/c1-5-9(28)19(20(21(37)38-5)44-23-16(35)13(32)11(30)7(3-26)40-23)43-24-17(36)14(33)18(8(4-27)41-24)42-22-15(34)12(31)10(29)6(2-25)39-22/h5-37H,2-4H2,1H3/t5-,6-,7-,8-,9+,10-,11-,12+,13+,14-,15-,16-,17-,18-,19+,20-,21?,22+,23+,24+/m1/s1. The van der Waals surface area contributed by atoms with E-state index in [2.05, 4.69) is 0 Å². The summed E-state index contributed by atoms with van der Waals surface area (Å²) in [5.74, 6) is 0. The van der Waals surface area contributed by atoms with E-state index in [9.17, 15) is 66.4 Å². The Balaban J connectivity index is 1.50. The van der Waals surface area contributed by atoms with E-state index in [1.165, 1.54) is 6.92 Å². The fraction of sp³-hybridized carbons (Fsp3) is 1.00. The molecule has 20 nitrogen and oxygen atoms in total. The van der Waals surface area contributed by atoms with Crippen LogP contribution in [0.5, 0.6) is 0 Å². The van der Waals surface area contributed by atoms with Crippen LogP contribution in [0.4, 0.5) is 0 Å². The van der Waals surface area contributed by atoms with Crippen LogP contribution in [0.3, 0.4) is 0 Å². The second-order valence-electron chi connectivity index (χ2n) is 11.1. The van der Waals surface area contributed by atoms with Gasteiger partial charge in [-0.2, -0.15) is 0 Å². The lowest BCUT2D eigenvalue weighted by Gasteiger charge is -2.49. The van der Waals surface area contributed by atoms with E-state index < -0.39 is 143 Å². The molecule has 20 atom stereocenters. The molecular formula is C24H42O20. The molecule has 13 N–H and O–H groups in total. The molecule has 0 amide bonds. The van der Waals surface area contributed by atoms with Crippen LogP contribution in [0.25, 0.3) is 0 Å². The summed E-state index contributed by atoms with van der Waals surface area (Å²) < 4.78 is 38.1. The number of ether oxygens (including phenoxy) is 7. The summed E-state index contributed by atoms with van der Waals surface area (Å²) in [5, 5.41) is 133. The second kappa shape index (κ2) is 15.0. The van der Waals surface area contributed by atoms with Gasteiger partial charge in [0.1, 0.15) is 91.6 Å². The SMILES string of the molecule is C[C@H]1OC(O)[C@H](O[C@@H]2O[C@H](CO)[C@@H](O)[C@H](O)[C@H]2O)[C@@H](O[C@@H]2O[C@H](CO)[C@@H](O[C@@H]3O[C@H](CO)[C@@H](O)[C@H](O)[C@H]3O)[C@H](O)[C@H]2O)[C@H]1O. The first-order chi connectivity index (χ1) is 20.7. The second-order valence-corrected chi connectivity index (χ2v) is 11.1. The molecule has 20 heteroatoms. The maximum atomic E-state index is 10.9. The predicted octanol–water partition coefficient (Wildman–Crippen LogP) is -8.72. The Bertz CT molecular complexity index is 896. The van der Waals surface area contributed by atoms with Crippen molar-refractivity contribution < 1.29 is 99.5 Å². The van der Waals surface area contributed by atoms with Crippen LogP contribution in [0.15, 0.2) is 0 Å². The molecule has 258 valence electrons. The first kappa shape index (κ1) is 36.0. The van der Waals surface area contributed by atoms with Gasteiger partial charge in [0, 0.05) is 0 Å². The number of hydrogen-bond acceptors (Lipinski definition) is 20. The van der Waals surface area contributed by atoms with Gasteiger partial charge in [0.25, 0.3) is 0 Å². The summed E-state index contributed by atoms with van der Waals surface area (Å²) in [6.45, 7) is -1.10. The van der Waals surface area contributed by atoms with E-state index in [1.807, 2.05) is 0 Å². The Kier molecular flexibility index (Phi) is 12.3. The van der Waals surface area contributed by atoms with Crippen molar-refractivity contribution in [3.63, 3.8) is 0 Å². The van der Waals surface area contributed by atoms with Crippen LogP contribution < -0.4 is 0 Å². The molecule has 0 saturated carbocycles. The van der Waals surface area contributed by atoms with E-state index in [0.29, 0.717) is 0 Å². The minimum Gasteiger partial charge on any atom is -0.394 e. The summed E-state index contributed by atoms with van der Waals surface area (Å²) in [4.78, 5) is 0. The number of hydrogen-bond donors (Lipinski definition) is 13. The van der Waals surface area contributed by atoms with Gasteiger partial charge in [0.15, 0.2) is 25.2 Å². The quantitative estimate of drug-likeness (QED) is 0.110. The molecule has 4 fully saturated rings. The summed E-state index contributed by atoms with van der Waals surface area (Å²) in [5.41, 5.74) is 0. The fourth-order valence-corrected chi connectivity index (χ4v) is 5.46. The van der Waals surface area contributed by atoms with Crippen LogP contribution in [0.2, 0.25) is 0 Å². The van der Waals surface area contributed by atoms with Crippen LogP contribution in [-0.2, 0) is 33.2 Å². The molecule has 4 heterocycles. The highest BCUT2D eigenvalue weighted by molar-refractivity contribution is 4.97. The molecule has 4 rings (SSSR count). The highest BCUT2D eigenvalue weighted by Crippen LogP contribution is 2.34. The molecule has 4 aliphatic heterocycles. The monoisotopic (exact) mass is 650 g/mol. The van der Waals surface area contributed by atoms with E-state index in [1.54, 1.807) is 0 Å². The third kappa shape index (κ3) is 7.05. The van der Waals surface area contributed by atoms with Crippen LogP contribution in [-0.4, -0.2) is 209 Å². The predicted molar refractivity (Wildman–Crippen MR) is 132 cm³/mol. The van der Waals surface area contributed by atoms with Gasteiger partial charge in [0.05, 0.1) is 25.9 Å². The molecule has 1 unspecified atom stereocenters. The van der Waals surface area contributed by atoms with Gasteiger partial charge in [-0.15, -0.1) is 0 Å². The lowest BCUT2D eigenvalue weighted by Crippen LogP contribution is -2.67. The molecule has 0 aliphatic carbocycles. The van der Waals surface area contributed by atoms with Gasteiger partial charge in [-0.05, 0) is 6.92 Å². The number of aliphatic hydroxyl groups excluding tert-OH is 13. The van der Waals surface area contributed by atoms with Gasteiger partial charge in [-0.25, -0.2) is 0 Å². The number of aliphatic hydroxyl groups is 13. The van der Waals surface area contributed by atoms with Crippen molar-refractivity contribution in [2.75, 3.05) is 19.8 Å². The zero-order chi connectivity index (χ0) is 32.6. The van der Waals surface area contributed by atoms with Crippen molar-refractivity contribution >= 4 is 0 Å². The minimum atomic E-state index is -2.01. The lowest BCUT2D eigenvalue weighted by molar-refractivity contribution is -0.393. The molecule has 4 saturated heterocycles. The van der Waals surface area contributed by atoms with Crippen molar-refractivity contribution in [2.45, 2.75) is 130 Å². The average Bonchev–Trinajstić information content (AvgIpc) is 3.00. The Morgan fingerprint density at radius 2 is 0.795 bits per heavy atom. The zero-order valence-electron chi connectivity index (χ0n) is 23.3. The minimum absolute atomic E-state index is 0.777. The molecule has 0 bridgehead atoms. The lowest BCUT2D eigenvalue weighted by atomic mass is 9.96. The summed E-state index contributed by atoms with van der Waals surface area (Å²) >= 11 is 0. The van der Waals surface area contributed by atoms with Crippen molar-refractivity contribution in [1.82, 2.24) is 0 Å². The van der Waals surface area contributed by atoms with E-state index >= 15 is 0 Å². The van der Waals surface area contributed by atoms with Gasteiger partial charge in [-0.1, -0.05) is 0 Å². The molecule has 44 heavy (non-hydrogen) atoms. The van der Waals surface area contributed by atoms with Crippen molar-refractivity contribution in [1.29, 1.82) is 0 Å². The Morgan fingerprint density at radius 3 is 1.25 bits per heavy atom. The van der Waals surface area contributed by atoms with Gasteiger partial charge >= 0.3 is 0 Å². The largest absolute Gasteiger partial charge is 0.394 e. The summed E-state index contributed by atoms with van der Waals surface area (Å²) in [7, 11) is 0. The van der Waals surface area contributed by atoms with Crippen molar-refractivity contribution in [3.8, 4) is 0 Å². The smallest absolute Gasteiger partial charge is 0.187 e. The molecule has 4 aliphatic rings. The molecule has 0 aromatic rings. The van der Waals surface area contributed by atoms with E-state index in [4.69, 9.17) is 33.2 Å². The van der Waals surface area contributed by atoms with Gasteiger partial charge in [0.2, 0.25) is 0 Å². The van der Waals surface area contributed by atoms with Gasteiger partial charge < -0.3 is 99.5 Å². The molecular weight excluding hydrogens is 608 g/mol. The van der Waals surface area contributed by atoms with Crippen molar-refractivity contribution in [2.24, 2.45) is 0 Å². The van der Waals surface area contributed by atoms with Crippen LogP contribution in [0, 0.1) is 0 Å². The summed E-state index contributed by atoms with van der Waals surface area (Å²) in [6.07, 6.45) is -34.3. The van der Waals surface area contributed by atoms with E-state index in [0.717, 1.165) is 0 Å².